The Balaban J connectivity index is 0.000000641. The number of rotatable bonds is 2. The standard InChI is InChI=1S/C14H14O.C3H8.C2H6/c1-11-6-5-8-13(10-11)15-14-9-4-3-7-12(14)2;1-3-2;1-2/h3-10H,1-2H3;3H2,1-2H3;1-2H3. The molecule has 0 radical (unpaired) electrons. The fourth-order valence-electron chi connectivity index (χ4n) is 1.48. The van der Waals surface area contributed by atoms with Crippen LogP contribution in [0.4, 0.5) is 0 Å². The smallest absolute Gasteiger partial charge is 0.130 e. The van der Waals surface area contributed by atoms with Gasteiger partial charge in [-0.1, -0.05) is 64.4 Å². The summed E-state index contributed by atoms with van der Waals surface area (Å²) in [6.45, 7) is 12.4. The monoisotopic (exact) mass is 272 g/mol. The Morgan fingerprint density at radius 3 is 2.00 bits per heavy atom. The van der Waals surface area contributed by atoms with Gasteiger partial charge in [-0.3, -0.25) is 0 Å². The second-order valence-electron chi connectivity index (χ2n) is 4.39. The normalized spacial score (nSPS) is 8.70. The summed E-state index contributed by atoms with van der Waals surface area (Å²) in [5.74, 6) is 1.81. The molecule has 0 aliphatic rings. The number of para-hydroxylation sites is 1. The van der Waals surface area contributed by atoms with Crippen LogP contribution in [0.15, 0.2) is 48.5 Å². The summed E-state index contributed by atoms with van der Waals surface area (Å²) in [6.07, 6.45) is 1.25. The minimum Gasteiger partial charge on any atom is -0.457 e. The zero-order valence-corrected chi connectivity index (χ0v) is 13.7. The van der Waals surface area contributed by atoms with Gasteiger partial charge in [0.25, 0.3) is 0 Å². The van der Waals surface area contributed by atoms with Crippen molar-refractivity contribution in [3.63, 3.8) is 0 Å². The molecule has 0 N–H and O–H groups in total. The summed E-state index contributed by atoms with van der Waals surface area (Å²) in [4.78, 5) is 0. The first-order chi connectivity index (χ1) is 9.67. The Hall–Kier alpha value is -1.76. The Morgan fingerprint density at radius 2 is 1.45 bits per heavy atom. The van der Waals surface area contributed by atoms with Crippen LogP contribution in [-0.4, -0.2) is 0 Å². The number of benzene rings is 2. The number of ether oxygens (including phenoxy) is 1. The van der Waals surface area contributed by atoms with E-state index in [9.17, 15) is 0 Å². The van der Waals surface area contributed by atoms with Crippen molar-refractivity contribution in [1.29, 1.82) is 0 Å². The van der Waals surface area contributed by atoms with Crippen molar-refractivity contribution in [2.24, 2.45) is 0 Å². The Kier molecular flexibility index (Phi) is 10.1. The van der Waals surface area contributed by atoms with Gasteiger partial charge in [-0.15, -0.1) is 0 Å². The van der Waals surface area contributed by atoms with Gasteiger partial charge in [0, 0.05) is 0 Å². The fraction of sp³-hybridized carbons (Fsp3) is 0.368. The highest BCUT2D eigenvalue weighted by atomic mass is 16.5. The predicted octanol–water partition coefficient (Wildman–Crippen LogP) is 6.54. The molecule has 0 aromatic heterocycles. The van der Waals surface area contributed by atoms with Gasteiger partial charge in [-0.2, -0.15) is 0 Å². The summed E-state index contributed by atoms with van der Waals surface area (Å²) in [7, 11) is 0. The summed E-state index contributed by atoms with van der Waals surface area (Å²) < 4.78 is 5.79. The number of hydrogen-bond donors (Lipinski definition) is 0. The molecule has 0 aliphatic heterocycles. The predicted molar refractivity (Wildman–Crippen MR) is 89.7 cm³/mol. The molecule has 0 aliphatic carbocycles. The van der Waals surface area contributed by atoms with E-state index >= 15 is 0 Å². The molecular weight excluding hydrogens is 244 g/mol. The highest BCUT2D eigenvalue weighted by Crippen LogP contribution is 2.24. The quantitative estimate of drug-likeness (QED) is 0.603. The molecule has 0 saturated heterocycles. The Bertz CT molecular complexity index is 475. The average molecular weight is 272 g/mol. The third kappa shape index (κ3) is 6.98. The molecule has 0 bridgehead atoms. The van der Waals surface area contributed by atoms with Gasteiger partial charge < -0.3 is 4.74 Å². The van der Waals surface area contributed by atoms with Crippen molar-refractivity contribution >= 4 is 0 Å². The molecule has 0 heterocycles. The maximum Gasteiger partial charge on any atom is 0.130 e. The first kappa shape index (κ1) is 18.2. The van der Waals surface area contributed by atoms with E-state index in [4.69, 9.17) is 4.74 Å². The van der Waals surface area contributed by atoms with Crippen LogP contribution < -0.4 is 4.74 Å². The lowest BCUT2D eigenvalue weighted by atomic mass is 10.2. The molecular formula is C19H28O. The van der Waals surface area contributed by atoms with Crippen LogP contribution in [0.5, 0.6) is 11.5 Å². The lowest BCUT2D eigenvalue weighted by Crippen LogP contribution is -1.87. The molecule has 2 aromatic carbocycles. The largest absolute Gasteiger partial charge is 0.457 e. The molecule has 0 fully saturated rings. The molecule has 1 heteroatoms. The highest BCUT2D eigenvalue weighted by molar-refractivity contribution is 5.37. The van der Waals surface area contributed by atoms with Crippen molar-refractivity contribution in [2.75, 3.05) is 0 Å². The van der Waals surface area contributed by atoms with Crippen LogP contribution in [0.25, 0.3) is 0 Å². The van der Waals surface area contributed by atoms with E-state index in [1.54, 1.807) is 0 Å². The van der Waals surface area contributed by atoms with Crippen LogP contribution in [-0.2, 0) is 0 Å². The minimum absolute atomic E-state index is 0.893. The zero-order chi connectivity index (χ0) is 15.4. The minimum atomic E-state index is 0.893. The van der Waals surface area contributed by atoms with Crippen LogP contribution in [0, 0.1) is 13.8 Å². The second-order valence-corrected chi connectivity index (χ2v) is 4.39. The van der Waals surface area contributed by atoms with Gasteiger partial charge in [-0.05, 0) is 43.2 Å². The van der Waals surface area contributed by atoms with Crippen molar-refractivity contribution in [2.45, 2.75) is 48.0 Å². The molecule has 20 heavy (non-hydrogen) atoms. The fourth-order valence-corrected chi connectivity index (χ4v) is 1.48. The van der Waals surface area contributed by atoms with Gasteiger partial charge in [0.2, 0.25) is 0 Å². The van der Waals surface area contributed by atoms with E-state index < -0.39 is 0 Å². The molecule has 2 aromatic rings. The third-order valence-electron chi connectivity index (χ3n) is 2.31. The van der Waals surface area contributed by atoms with Gasteiger partial charge in [0.05, 0.1) is 0 Å². The third-order valence-corrected chi connectivity index (χ3v) is 2.31. The molecule has 2 rings (SSSR count). The highest BCUT2D eigenvalue weighted by Gasteiger charge is 1.99. The lowest BCUT2D eigenvalue weighted by molar-refractivity contribution is 0.478. The molecule has 0 saturated carbocycles. The van der Waals surface area contributed by atoms with Gasteiger partial charge in [0.15, 0.2) is 0 Å². The van der Waals surface area contributed by atoms with Gasteiger partial charge >= 0.3 is 0 Å². The van der Waals surface area contributed by atoms with E-state index in [0.717, 1.165) is 17.1 Å². The van der Waals surface area contributed by atoms with E-state index in [1.807, 2.05) is 63.2 Å². The molecule has 0 atom stereocenters. The first-order valence-corrected chi connectivity index (χ1v) is 7.47. The van der Waals surface area contributed by atoms with Crippen LogP contribution >= 0.6 is 0 Å². The van der Waals surface area contributed by atoms with Gasteiger partial charge in [0.1, 0.15) is 11.5 Å². The first-order valence-electron chi connectivity index (χ1n) is 7.47. The summed E-state index contributed by atoms with van der Waals surface area (Å²) in [6, 6.07) is 16.1. The Morgan fingerprint density at radius 1 is 0.850 bits per heavy atom. The van der Waals surface area contributed by atoms with Crippen molar-refractivity contribution < 1.29 is 4.74 Å². The number of aryl methyl sites for hydroxylation is 2. The maximum atomic E-state index is 5.79. The topological polar surface area (TPSA) is 9.23 Å². The summed E-state index contributed by atoms with van der Waals surface area (Å²) >= 11 is 0. The van der Waals surface area contributed by atoms with Crippen LogP contribution in [0.1, 0.15) is 45.2 Å². The van der Waals surface area contributed by atoms with Gasteiger partial charge in [-0.25, -0.2) is 0 Å². The van der Waals surface area contributed by atoms with E-state index in [-0.39, 0.29) is 0 Å². The number of hydrogen-bond acceptors (Lipinski definition) is 1. The summed E-state index contributed by atoms with van der Waals surface area (Å²) in [5.41, 5.74) is 2.36. The maximum absolute atomic E-state index is 5.79. The molecule has 0 unspecified atom stereocenters. The second kappa shape index (κ2) is 11.1. The molecule has 110 valence electrons. The molecule has 0 amide bonds. The summed E-state index contributed by atoms with van der Waals surface area (Å²) in [5, 5.41) is 0. The van der Waals surface area contributed by atoms with E-state index in [2.05, 4.69) is 26.8 Å². The SMILES string of the molecule is CC.CCC.Cc1cccc(Oc2ccccc2C)c1. The van der Waals surface area contributed by atoms with E-state index in [0.29, 0.717) is 0 Å². The molecule has 0 spiro atoms. The van der Waals surface area contributed by atoms with Crippen molar-refractivity contribution in [3.05, 3.63) is 59.7 Å². The average Bonchev–Trinajstić information content (AvgIpc) is 2.45. The Labute approximate surface area is 124 Å². The van der Waals surface area contributed by atoms with Crippen LogP contribution in [0.2, 0.25) is 0 Å². The van der Waals surface area contributed by atoms with Crippen molar-refractivity contribution in [3.8, 4) is 11.5 Å². The van der Waals surface area contributed by atoms with Crippen molar-refractivity contribution in [1.82, 2.24) is 0 Å². The van der Waals surface area contributed by atoms with Crippen LogP contribution in [0.3, 0.4) is 0 Å². The van der Waals surface area contributed by atoms with E-state index in [1.165, 1.54) is 12.0 Å². The lowest BCUT2D eigenvalue weighted by Gasteiger charge is -2.08. The zero-order valence-electron chi connectivity index (χ0n) is 13.7. The molecule has 1 nitrogen and oxygen atoms in total.